The highest BCUT2D eigenvalue weighted by molar-refractivity contribution is 6.02. The zero-order valence-electron chi connectivity index (χ0n) is 33.5. The lowest BCUT2D eigenvalue weighted by Gasteiger charge is -2.39. The number of hydrogen-bond donors (Lipinski definition) is 3. The highest BCUT2D eigenvalue weighted by Gasteiger charge is 2.48. The maximum Gasteiger partial charge on any atom is 0.249 e. The van der Waals surface area contributed by atoms with Gasteiger partial charge in [0.25, 0.3) is 0 Å². The van der Waals surface area contributed by atoms with Gasteiger partial charge in [0.2, 0.25) is 17.7 Å². The van der Waals surface area contributed by atoms with Crippen molar-refractivity contribution in [2.24, 2.45) is 29.6 Å². The number of fused-ring (bicyclic) bond motifs is 1. The molecule has 4 aliphatic carbocycles. The largest absolute Gasteiger partial charge is 0.393 e. The first kappa shape index (κ1) is 41.8. The summed E-state index contributed by atoms with van der Waals surface area (Å²) in [5.74, 6) is 2.05. The number of likely N-dealkylation sites (tertiary alicyclic amines) is 1. The lowest BCUT2D eigenvalue weighted by Crippen LogP contribution is -2.53. The third kappa shape index (κ3) is 11.6. The zero-order chi connectivity index (χ0) is 37.7. The van der Waals surface area contributed by atoms with Crippen LogP contribution in [0.15, 0.2) is 11.1 Å². The summed E-state index contributed by atoms with van der Waals surface area (Å²) < 4.78 is 18.1. The van der Waals surface area contributed by atoms with Crippen molar-refractivity contribution >= 4 is 17.7 Å². The van der Waals surface area contributed by atoms with Gasteiger partial charge in [-0.2, -0.15) is 0 Å². The number of imide groups is 1. The van der Waals surface area contributed by atoms with Crippen molar-refractivity contribution in [1.82, 2.24) is 15.5 Å². The van der Waals surface area contributed by atoms with Crippen molar-refractivity contribution in [2.45, 2.75) is 172 Å². The van der Waals surface area contributed by atoms with E-state index in [1.165, 1.54) is 77.0 Å². The van der Waals surface area contributed by atoms with Crippen LogP contribution in [0.5, 0.6) is 0 Å². The van der Waals surface area contributed by atoms with Crippen molar-refractivity contribution in [2.75, 3.05) is 46.1 Å². The Kier molecular flexibility index (Phi) is 16.7. The number of amides is 3. The average molecular weight is 756 g/mol. The predicted molar refractivity (Wildman–Crippen MR) is 210 cm³/mol. The summed E-state index contributed by atoms with van der Waals surface area (Å²) in [4.78, 5) is 38.7. The van der Waals surface area contributed by atoms with Gasteiger partial charge in [-0.15, -0.1) is 0 Å². The number of ether oxygens (including phenoxy) is 3. The van der Waals surface area contributed by atoms with Crippen LogP contribution in [0.25, 0.3) is 0 Å². The van der Waals surface area contributed by atoms with E-state index in [9.17, 15) is 19.5 Å². The number of carbonyl (C=O) groups is 3. The number of aliphatic hydroxyl groups is 1. The Morgan fingerprint density at radius 1 is 0.759 bits per heavy atom. The van der Waals surface area contributed by atoms with Crippen LogP contribution in [-0.4, -0.2) is 98.1 Å². The van der Waals surface area contributed by atoms with E-state index in [2.05, 4.69) is 17.6 Å². The molecule has 4 unspecified atom stereocenters. The molecular formula is C44H73N3O7. The molecule has 0 aromatic heterocycles. The van der Waals surface area contributed by atoms with Gasteiger partial charge in [-0.3, -0.25) is 19.7 Å². The number of carbonyl (C=O) groups excluding carboxylic acids is 3. The van der Waals surface area contributed by atoms with Gasteiger partial charge in [-0.25, -0.2) is 0 Å². The molecule has 6 aliphatic rings. The summed E-state index contributed by atoms with van der Waals surface area (Å²) in [5, 5.41) is 16.3. The van der Waals surface area contributed by atoms with Crippen LogP contribution in [0.4, 0.5) is 0 Å². The SMILES string of the molecule is CC/C(=C(\C1CCC(O)CC1)C1CCC(OCCCOCCCOCCCNC2CCC3C(=O)N(C4CCC(=O)NC4=O)CC3C2)CC1)C1CCCCC1. The van der Waals surface area contributed by atoms with E-state index in [1.807, 2.05) is 11.1 Å². The first-order chi connectivity index (χ1) is 26.4. The number of nitrogens with one attached hydrogen (secondary N) is 2. The monoisotopic (exact) mass is 756 g/mol. The smallest absolute Gasteiger partial charge is 0.249 e. The summed E-state index contributed by atoms with van der Waals surface area (Å²) in [6.45, 7) is 7.60. The average Bonchev–Trinajstić information content (AvgIpc) is 3.51. The number of aliphatic hydroxyl groups excluding tert-OH is 1. The third-order valence-electron chi connectivity index (χ3n) is 14.0. The molecule has 0 aromatic carbocycles. The molecule has 0 bridgehead atoms. The molecule has 306 valence electrons. The summed E-state index contributed by atoms with van der Waals surface area (Å²) >= 11 is 0. The third-order valence-corrected chi connectivity index (χ3v) is 14.0. The normalized spacial score (nSPS) is 33.1. The van der Waals surface area contributed by atoms with Gasteiger partial charge in [0.05, 0.1) is 12.2 Å². The second-order valence-electron chi connectivity index (χ2n) is 17.6. The highest BCUT2D eigenvalue weighted by atomic mass is 16.5. The maximum absolute atomic E-state index is 13.0. The molecule has 6 rings (SSSR count). The second kappa shape index (κ2) is 21.6. The van der Waals surface area contributed by atoms with E-state index in [0.717, 1.165) is 96.2 Å². The minimum absolute atomic E-state index is 0.0153. The number of hydrogen-bond acceptors (Lipinski definition) is 8. The molecular weight excluding hydrogens is 682 g/mol. The molecule has 10 nitrogen and oxygen atoms in total. The topological polar surface area (TPSA) is 126 Å². The lowest BCUT2D eigenvalue weighted by molar-refractivity contribution is -0.144. The number of piperidine rings is 1. The van der Waals surface area contributed by atoms with Crippen molar-refractivity contribution in [3.8, 4) is 0 Å². The number of rotatable bonds is 19. The van der Waals surface area contributed by atoms with Gasteiger partial charge >= 0.3 is 0 Å². The Hall–Kier alpha value is -1.85. The van der Waals surface area contributed by atoms with E-state index >= 15 is 0 Å². The van der Waals surface area contributed by atoms with Gasteiger partial charge in [0, 0.05) is 58.0 Å². The van der Waals surface area contributed by atoms with Crippen LogP contribution in [0.3, 0.4) is 0 Å². The van der Waals surface area contributed by atoms with Crippen LogP contribution in [0.2, 0.25) is 0 Å². The van der Waals surface area contributed by atoms with E-state index in [-0.39, 0.29) is 35.7 Å². The van der Waals surface area contributed by atoms with Gasteiger partial charge in [0.15, 0.2) is 0 Å². The van der Waals surface area contributed by atoms with Crippen molar-refractivity contribution in [3.63, 3.8) is 0 Å². The summed E-state index contributed by atoms with van der Waals surface area (Å²) in [6.07, 6.45) is 24.0. The van der Waals surface area contributed by atoms with E-state index in [4.69, 9.17) is 14.2 Å². The standard InChI is InChI=1S/C44H73N3O7/c1-2-38(31-9-4-3-5-10-31)42(32-11-16-36(48)17-12-32)33-13-18-37(19-14-33)54-28-8-27-53-26-7-25-52-24-6-23-45-35-15-20-39-34(29-35)30-47(44(39)51)40-21-22-41(49)46-43(40)50/h31-37,39-40,45,48H,2-30H2,1H3,(H,46,49,50)/b42-38-. The fraction of sp³-hybridized carbons (Fsp3) is 0.886. The molecule has 3 N–H and O–H groups in total. The molecule has 2 aliphatic heterocycles. The lowest BCUT2D eigenvalue weighted by atomic mass is 9.68. The number of allylic oxidation sites excluding steroid dienone is 2. The van der Waals surface area contributed by atoms with Gasteiger partial charge in [-0.1, -0.05) is 37.3 Å². The second-order valence-corrected chi connectivity index (χ2v) is 17.6. The minimum Gasteiger partial charge on any atom is -0.393 e. The van der Waals surface area contributed by atoms with Crippen LogP contribution in [0, 0.1) is 29.6 Å². The Balaban J connectivity index is 0.768. The summed E-state index contributed by atoms with van der Waals surface area (Å²) in [7, 11) is 0. The zero-order valence-corrected chi connectivity index (χ0v) is 33.5. The van der Waals surface area contributed by atoms with Crippen molar-refractivity contribution < 1.29 is 33.7 Å². The Morgan fingerprint density at radius 2 is 1.43 bits per heavy atom. The minimum atomic E-state index is -0.491. The molecule has 0 radical (unpaired) electrons. The quantitative estimate of drug-likeness (QED) is 0.0763. The van der Waals surface area contributed by atoms with Crippen LogP contribution < -0.4 is 10.6 Å². The van der Waals surface area contributed by atoms with Gasteiger partial charge < -0.3 is 29.5 Å². The molecule has 2 heterocycles. The first-order valence-corrected chi connectivity index (χ1v) is 22.5. The molecule has 0 spiro atoms. The molecule has 54 heavy (non-hydrogen) atoms. The maximum atomic E-state index is 13.0. The molecule has 10 heteroatoms. The Bertz CT molecular complexity index is 1220. The highest BCUT2D eigenvalue weighted by Crippen LogP contribution is 2.46. The van der Waals surface area contributed by atoms with Crippen LogP contribution >= 0.6 is 0 Å². The molecule has 3 amide bonds. The fourth-order valence-corrected chi connectivity index (χ4v) is 11.1. The van der Waals surface area contributed by atoms with Crippen LogP contribution in [-0.2, 0) is 28.6 Å². The van der Waals surface area contributed by atoms with Crippen molar-refractivity contribution in [3.05, 3.63) is 11.1 Å². The van der Waals surface area contributed by atoms with Crippen molar-refractivity contribution in [1.29, 1.82) is 0 Å². The first-order valence-electron chi connectivity index (χ1n) is 22.5. The Morgan fingerprint density at radius 3 is 2.11 bits per heavy atom. The molecule has 4 atom stereocenters. The van der Waals surface area contributed by atoms with Crippen LogP contribution in [0.1, 0.15) is 148 Å². The van der Waals surface area contributed by atoms with Gasteiger partial charge in [-0.05, 0) is 146 Å². The van der Waals surface area contributed by atoms with Gasteiger partial charge in [0.1, 0.15) is 6.04 Å². The molecule has 2 saturated heterocycles. The van der Waals surface area contributed by atoms with E-state index < -0.39 is 6.04 Å². The molecule has 6 fully saturated rings. The predicted octanol–water partition coefficient (Wildman–Crippen LogP) is 6.63. The fourth-order valence-electron chi connectivity index (χ4n) is 11.1. The molecule has 4 saturated carbocycles. The van der Waals surface area contributed by atoms with E-state index in [0.29, 0.717) is 44.1 Å². The summed E-state index contributed by atoms with van der Waals surface area (Å²) in [5.41, 5.74) is 3.66. The van der Waals surface area contributed by atoms with E-state index in [1.54, 1.807) is 4.90 Å². The number of nitrogens with zero attached hydrogens (tertiary/aromatic N) is 1. The molecule has 0 aromatic rings. The summed E-state index contributed by atoms with van der Waals surface area (Å²) in [6, 6.07) is -0.0966. The Labute approximate surface area is 325 Å².